The maximum atomic E-state index is 11.9. The molecule has 0 fully saturated rings. The number of benzene rings is 1. The van der Waals surface area contributed by atoms with Crippen molar-refractivity contribution in [1.29, 1.82) is 0 Å². The molecule has 1 aromatic carbocycles. The standard InChI is InChI=1S/C15H19NO3/c1-4-16(10-12(2)3)14(17)11-19-15(18)13-8-6-5-7-9-13/h5-9H,2,4,10-11H2,1,3H3. The van der Waals surface area contributed by atoms with Crippen molar-refractivity contribution in [2.45, 2.75) is 13.8 Å². The molecule has 0 bridgehead atoms. The van der Waals surface area contributed by atoms with Crippen LogP contribution in [0.4, 0.5) is 0 Å². The van der Waals surface area contributed by atoms with E-state index < -0.39 is 5.97 Å². The Balaban J connectivity index is 2.49. The van der Waals surface area contributed by atoms with Gasteiger partial charge in [-0.3, -0.25) is 4.79 Å². The first kappa shape index (κ1) is 15.0. The van der Waals surface area contributed by atoms with E-state index in [1.54, 1.807) is 29.2 Å². The van der Waals surface area contributed by atoms with Gasteiger partial charge in [0.05, 0.1) is 5.56 Å². The Labute approximate surface area is 113 Å². The zero-order valence-corrected chi connectivity index (χ0v) is 11.4. The quantitative estimate of drug-likeness (QED) is 0.583. The maximum Gasteiger partial charge on any atom is 0.338 e. The fourth-order valence-electron chi connectivity index (χ4n) is 1.58. The van der Waals surface area contributed by atoms with Crippen LogP contribution >= 0.6 is 0 Å². The fourth-order valence-corrected chi connectivity index (χ4v) is 1.58. The Hall–Kier alpha value is -2.10. The highest BCUT2D eigenvalue weighted by Crippen LogP contribution is 2.02. The van der Waals surface area contributed by atoms with Crippen LogP contribution in [0.2, 0.25) is 0 Å². The number of esters is 1. The Morgan fingerprint density at radius 2 is 1.89 bits per heavy atom. The summed E-state index contributed by atoms with van der Waals surface area (Å²) in [6, 6.07) is 8.61. The molecule has 0 atom stereocenters. The van der Waals surface area contributed by atoms with Crippen LogP contribution in [-0.2, 0) is 9.53 Å². The first-order chi connectivity index (χ1) is 9.04. The van der Waals surface area contributed by atoms with Crippen LogP contribution in [0, 0.1) is 0 Å². The molecule has 0 spiro atoms. The average Bonchev–Trinajstić information content (AvgIpc) is 2.42. The SMILES string of the molecule is C=C(C)CN(CC)C(=O)COC(=O)c1ccccc1. The number of hydrogen-bond acceptors (Lipinski definition) is 3. The van der Waals surface area contributed by atoms with Gasteiger partial charge in [0.15, 0.2) is 6.61 Å². The van der Waals surface area contributed by atoms with E-state index in [2.05, 4.69) is 6.58 Å². The molecule has 0 aromatic heterocycles. The average molecular weight is 261 g/mol. The molecule has 4 nitrogen and oxygen atoms in total. The highest BCUT2D eigenvalue weighted by atomic mass is 16.5. The summed E-state index contributed by atoms with van der Waals surface area (Å²) in [5, 5.41) is 0. The third-order valence-electron chi connectivity index (χ3n) is 2.53. The number of likely N-dealkylation sites (N-methyl/N-ethyl adjacent to an activating group) is 1. The van der Waals surface area contributed by atoms with Gasteiger partial charge in [-0.05, 0) is 26.0 Å². The van der Waals surface area contributed by atoms with Gasteiger partial charge in [-0.2, -0.15) is 0 Å². The molecule has 0 saturated carbocycles. The minimum atomic E-state index is -0.486. The van der Waals surface area contributed by atoms with Gasteiger partial charge < -0.3 is 9.64 Å². The number of ether oxygens (including phenoxy) is 1. The molecular formula is C15H19NO3. The van der Waals surface area contributed by atoms with Crippen LogP contribution in [-0.4, -0.2) is 36.5 Å². The van der Waals surface area contributed by atoms with Gasteiger partial charge in [0.25, 0.3) is 5.91 Å². The van der Waals surface area contributed by atoms with Crippen LogP contribution in [0.1, 0.15) is 24.2 Å². The largest absolute Gasteiger partial charge is 0.452 e. The van der Waals surface area contributed by atoms with E-state index in [1.807, 2.05) is 19.9 Å². The van der Waals surface area contributed by atoms with Crippen LogP contribution in [0.25, 0.3) is 0 Å². The van der Waals surface area contributed by atoms with Crippen LogP contribution in [0.5, 0.6) is 0 Å². The Bertz CT molecular complexity index is 454. The lowest BCUT2D eigenvalue weighted by molar-refractivity contribution is -0.133. The number of carbonyl (C=O) groups excluding carboxylic acids is 2. The van der Waals surface area contributed by atoms with E-state index in [9.17, 15) is 9.59 Å². The molecule has 1 amide bonds. The van der Waals surface area contributed by atoms with Gasteiger partial charge in [0.2, 0.25) is 0 Å². The van der Waals surface area contributed by atoms with Crippen LogP contribution in [0.15, 0.2) is 42.5 Å². The summed E-state index contributed by atoms with van der Waals surface area (Å²) >= 11 is 0. The predicted molar refractivity (Wildman–Crippen MR) is 73.8 cm³/mol. The second kappa shape index (κ2) is 7.36. The Morgan fingerprint density at radius 3 is 2.42 bits per heavy atom. The Kier molecular flexibility index (Phi) is 5.79. The highest BCUT2D eigenvalue weighted by Gasteiger charge is 2.14. The molecule has 102 valence electrons. The number of hydrogen-bond donors (Lipinski definition) is 0. The molecule has 0 heterocycles. The van der Waals surface area contributed by atoms with Crippen molar-refractivity contribution in [2.24, 2.45) is 0 Å². The summed E-state index contributed by atoms with van der Waals surface area (Å²) in [5.74, 6) is -0.699. The third kappa shape index (κ3) is 4.95. The van der Waals surface area contributed by atoms with E-state index in [0.29, 0.717) is 18.7 Å². The zero-order chi connectivity index (χ0) is 14.3. The number of nitrogens with zero attached hydrogens (tertiary/aromatic N) is 1. The molecule has 0 saturated heterocycles. The molecule has 0 aliphatic carbocycles. The summed E-state index contributed by atoms with van der Waals surface area (Å²) in [7, 11) is 0. The normalized spacial score (nSPS) is 9.79. The van der Waals surface area contributed by atoms with Crippen LogP contribution in [0.3, 0.4) is 0 Å². The number of rotatable bonds is 6. The second-order valence-electron chi connectivity index (χ2n) is 4.31. The lowest BCUT2D eigenvalue weighted by Crippen LogP contribution is -2.35. The van der Waals surface area contributed by atoms with Crippen molar-refractivity contribution in [3.05, 3.63) is 48.0 Å². The highest BCUT2D eigenvalue weighted by molar-refractivity contribution is 5.91. The van der Waals surface area contributed by atoms with Gasteiger partial charge in [0, 0.05) is 13.1 Å². The summed E-state index contributed by atoms with van der Waals surface area (Å²) in [6.07, 6.45) is 0. The summed E-state index contributed by atoms with van der Waals surface area (Å²) in [4.78, 5) is 25.1. The number of amides is 1. The Morgan fingerprint density at radius 1 is 1.26 bits per heavy atom. The molecule has 0 N–H and O–H groups in total. The zero-order valence-electron chi connectivity index (χ0n) is 11.4. The van der Waals surface area contributed by atoms with E-state index in [-0.39, 0.29) is 12.5 Å². The van der Waals surface area contributed by atoms with Gasteiger partial charge in [0.1, 0.15) is 0 Å². The predicted octanol–water partition coefficient (Wildman–Crippen LogP) is 2.27. The number of carbonyl (C=O) groups is 2. The molecule has 0 aliphatic rings. The van der Waals surface area contributed by atoms with Crippen molar-refractivity contribution in [2.75, 3.05) is 19.7 Å². The van der Waals surface area contributed by atoms with Gasteiger partial charge in [-0.15, -0.1) is 0 Å². The smallest absolute Gasteiger partial charge is 0.338 e. The van der Waals surface area contributed by atoms with E-state index in [1.165, 1.54) is 0 Å². The van der Waals surface area contributed by atoms with Gasteiger partial charge in [-0.25, -0.2) is 4.79 Å². The summed E-state index contributed by atoms with van der Waals surface area (Å²) in [6.45, 7) is 8.30. The fraction of sp³-hybridized carbons (Fsp3) is 0.333. The van der Waals surface area contributed by atoms with E-state index in [4.69, 9.17) is 4.74 Å². The molecule has 19 heavy (non-hydrogen) atoms. The van der Waals surface area contributed by atoms with Crippen LogP contribution < -0.4 is 0 Å². The molecule has 0 aliphatic heterocycles. The van der Waals surface area contributed by atoms with E-state index >= 15 is 0 Å². The van der Waals surface area contributed by atoms with Gasteiger partial charge in [-0.1, -0.05) is 30.4 Å². The van der Waals surface area contributed by atoms with E-state index in [0.717, 1.165) is 5.57 Å². The summed E-state index contributed by atoms with van der Waals surface area (Å²) in [5.41, 5.74) is 1.34. The van der Waals surface area contributed by atoms with Gasteiger partial charge >= 0.3 is 5.97 Å². The van der Waals surface area contributed by atoms with Crippen molar-refractivity contribution in [3.8, 4) is 0 Å². The topological polar surface area (TPSA) is 46.6 Å². The first-order valence-electron chi connectivity index (χ1n) is 6.19. The van der Waals surface area contributed by atoms with Crippen molar-refractivity contribution in [3.63, 3.8) is 0 Å². The minimum Gasteiger partial charge on any atom is -0.452 e. The minimum absolute atomic E-state index is 0.213. The monoisotopic (exact) mass is 261 g/mol. The first-order valence-corrected chi connectivity index (χ1v) is 6.19. The van der Waals surface area contributed by atoms with Crippen molar-refractivity contribution < 1.29 is 14.3 Å². The lowest BCUT2D eigenvalue weighted by atomic mass is 10.2. The van der Waals surface area contributed by atoms with Crippen molar-refractivity contribution >= 4 is 11.9 Å². The third-order valence-corrected chi connectivity index (χ3v) is 2.53. The molecule has 4 heteroatoms. The molecular weight excluding hydrogens is 242 g/mol. The summed E-state index contributed by atoms with van der Waals surface area (Å²) < 4.78 is 4.99. The second-order valence-corrected chi connectivity index (χ2v) is 4.31. The molecule has 0 unspecified atom stereocenters. The lowest BCUT2D eigenvalue weighted by Gasteiger charge is -2.20. The molecule has 0 radical (unpaired) electrons. The maximum absolute atomic E-state index is 11.9. The molecule has 1 rings (SSSR count). The molecule has 1 aromatic rings. The van der Waals surface area contributed by atoms with Crippen molar-refractivity contribution in [1.82, 2.24) is 4.90 Å².